The van der Waals surface area contributed by atoms with Crippen LogP contribution < -0.4 is 4.74 Å². The van der Waals surface area contributed by atoms with Crippen LogP contribution >= 0.6 is 0 Å². The van der Waals surface area contributed by atoms with Gasteiger partial charge in [-0.2, -0.15) is 0 Å². The van der Waals surface area contributed by atoms with Crippen molar-refractivity contribution in [3.8, 4) is 11.5 Å². The van der Waals surface area contributed by atoms with Crippen molar-refractivity contribution < 1.29 is 18.7 Å². The molecule has 0 saturated heterocycles. The molecule has 0 N–H and O–H groups in total. The van der Waals surface area contributed by atoms with E-state index in [1.807, 2.05) is 24.3 Å². The van der Waals surface area contributed by atoms with E-state index in [1.165, 1.54) is 17.0 Å². The molecule has 0 spiro atoms. The summed E-state index contributed by atoms with van der Waals surface area (Å²) in [6.45, 7) is 0.167. The van der Waals surface area contributed by atoms with Crippen molar-refractivity contribution in [3.63, 3.8) is 0 Å². The van der Waals surface area contributed by atoms with Gasteiger partial charge >= 0.3 is 0 Å². The zero-order chi connectivity index (χ0) is 19.3. The standard InChI is InChI=1S/C23H16FNO3/c24-16-9-10-21-19(12-16)15(11-14-5-1-4-8-20(14)28-21)13-25-22(26)17-6-2-3-7-18(17)23(25)27/h1-10,12,15H,11,13H2. The Kier molecular flexibility index (Phi) is 3.76. The number of amides is 2. The number of halogens is 1. The fraction of sp³-hybridized carbons (Fsp3) is 0.130. The van der Waals surface area contributed by atoms with Crippen molar-refractivity contribution >= 4 is 11.8 Å². The lowest BCUT2D eigenvalue weighted by molar-refractivity contribution is 0.0644. The number of rotatable bonds is 2. The van der Waals surface area contributed by atoms with Crippen molar-refractivity contribution in [3.05, 3.63) is 94.8 Å². The summed E-state index contributed by atoms with van der Waals surface area (Å²) in [4.78, 5) is 26.8. The quantitative estimate of drug-likeness (QED) is 0.619. The van der Waals surface area contributed by atoms with Crippen LogP contribution in [0.5, 0.6) is 11.5 Å². The highest BCUT2D eigenvalue weighted by Gasteiger charge is 2.37. The molecule has 3 aromatic carbocycles. The number of carbonyl (C=O) groups is 2. The highest BCUT2D eigenvalue weighted by Crippen LogP contribution is 2.40. The molecule has 0 saturated carbocycles. The lowest BCUT2D eigenvalue weighted by atomic mass is 9.91. The van der Waals surface area contributed by atoms with Gasteiger partial charge in [-0.3, -0.25) is 14.5 Å². The second kappa shape index (κ2) is 6.30. The van der Waals surface area contributed by atoms with Gasteiger partial charge in [-0.05, 0) is 48.4 Å². The molecule has 1 unspecified atom stereocenters. The number of carbonyl (C=O) groups excluding carboxylic acids is 2. The SMILES string of the molecule is O=C1c2ccccc2C(=O)N1CC1Cc2ccccc2Oc2ccc(F)cc21. The van der Waals surface area contributed by atoms with Crippen LogP contribution in [-0.2, 0) is 6.42 Å². The van der Waals surface area contributed by atoms with Crippen LogP contribution in [0.25, 0.3) is 0 Å². The number of benzene rings is 3. The van der Waals surface area contributed by atoms with Gasteiger partial charge in [-0.1, -0.05) is 30.3 Å². The van der Waals surface area contributed by atoms with Crippen LogP contribution in [0.15, 0.2) is 66.7 Å². The van der Waals surface area contributed by atoms with Gasteiger partial charge in [0.25, 0.3) is 11.8 Å². The lowest BCUT2D eigenvalue weighted by Gasteiger charge is -2.22. The molecule has 0 bridgehead atoms. The summed E-state index contributed by atoms with van der Waals surface area (Å²) in [5.74, 6) is -0.000542. The number of imide groups is 1. The van der Waals surface area contributed by atoms with E-state index in [0.29, 0.717) is 34.6 Å². The summed E-state index contributed by atoms with van der Waals surface area (Å²) < 4.78 is 20.0. The zero-order valence-corrected chi connectivity index (χ0v) is 14.9. The molecule has 0 fully saturated rings. The molecule has 138 valence electrons. The molecular formula is C23H16FNO3. The Morgan fingerprint density at radius 1 is 0.893 bits per heavy atom. The van der Waals surface area contributed by atoms with E-state index in [1.54, 1.807) is 30.3 Å². The van der Waals surface area contributed by atoms with Gasteiger partial charge in [0.2, 0.25) is 0 Å². The fourth-order valence-electron chi connectivity index (χ4n) is 3.99. The molecular weight excluding hydrogens is 357 g/mol. The fourth-order valence-corrected chi connectivity index (χ4v) is 3.99. The first-order valence-electron chi connectivity index (χ1n) is 9.12. The predicted octanol–water partition coefficient (Wildman–Crippen LogP) is 4.55. The second-order valence-electron chi connectivity index (χ2n) is 7.06. The van der Waals surface area contributed by atoms with Gasteiger partial charge in [-0.15, -0.1) is 0 Å². The monoisotopic (exact) mass is 373 g/mol. The average Bonchev–Trinajstić information content (AvgIpc) is 2.86. The van der Waals surface area contributed by atoms with Gasteiger partial charge < -0.3 is 4.74 Å². The van der Waals surface area contributed by atoms with E-state index in [0.717, 1.165) is 5.56 Å². The molecule has 3 aromatic rings. The van der Waals surface area contributed by atoms with Crippen LogP contribution in [-0.4, -0.2) is 23.3 Å². The van der Waals surface area contributed by atoms with Crippen molar-refractivity contribution in [1.29, 1.82) is 0 Å². The number of nitrogens with zero attached hydrogens (tertiary/aromatic N) is 1. The minimum Gasteiger partial charge on any atom is -0.457 e. The van der Waals surface area contributed by atoms with Crippen LogP contribution in [0.1, 0.15) is 37.8 Å². The van der Waals surface area contributed by atoms with Crippen molar-refractivity contribution in [2.75, 3.05) is 6.54 Å². The molecule has 2 aliphatic rings. The maximum Gasteiger partial charge on any atom is 0.261 e. The third-order valence-electron chi connectivity index (χ3n) is 5.35. The van der Waals surface area contributed by atoms with E-state index in [4.69, 9.17) is 4.74 Å². The Morgan fingerprint density at radius 3 is 2.32 bits per heavy atom. The topological polar surface area (TPSA) is 46.6 Å². The molecule has 2 heterocycles. The summed E-state index contributed by atoms with van der Waals surface area (Å²) in [7, 11) is 0. The maximum absolute atomic E-state index is 14.0. The van der Waals surface area contributed by atoms with Gasteiger partial charge in [0.1, 0.15) is 17.3 Å². The average molecular weight is 373 g/mol. The summed E-state index contributed by atoms with van der Waals surface area (Å²) in [6, 6.07) is 18.8. The Morgan fingerprint density at radius 2 is 1.57 bits per heavy atom. The van der Waals surface area contributed by atoms with E-state index in [2.05, 4.69) is 0 Å². The van der Waals surface area contributed by atoms with Crippen LogP contribution in [0.3, 0.4) is 0 Å². The number of hydrogen-bond acceptors (Lipinski definition) is 3. The van der Waals surface area contributed by atoms with Crippen LogP contribution in [0.4, 0.5) is 4.39 Å². The molecule has 0 radical (unpaired) electrons. The summed E-state index contributed by atoms with van der Waals surface area (Å²) in [5.41, 5.74) is 2.45. The highest BCUT2D eigenvalue weighted by molar-refractivity contribution is 6.21. The molecule has 1 atom stereocenters. The molecule has 5 rings (SSSR count). The van der Waals surface area contributed by atoms with E-state index in [-0.39, 0.29) is 30.1 Å². The normalized spacial score (nSPS) is 17.5. The molecule has 2 amide bonds. The predicted molar refractivity (Wildman–Crippen MR) is 101 cm³/mol. The van der Waals surface area contributed by atoms with Crippen molar-refractivity contribution in [2.45, 2.75) is 12.3 Å². The highest BCUT2D eigenvalue weighted by atomic mass is 19.1. The molecule has 0 aromatic heterocycles. The molecule has 28 heavy (non-hydrogen) atoms. The van der Waals surface area contributed by atoms with E-state index >= 15 is 0 Å². The van der Waals surface area contributed by atoms with Crippen LogP contribution in [0.2, 0.25) is 0 Å². The molecule has 5 heteroatoms. The van der Waals surface area contributed by atoms with Gasteiger partial charge in [0.05, 0.1) is 11.1 Å². The first-order valence-corrected chi connectivity index (χ1v) is 9.12. The molecule has 4 nitrogen and oxygen atoms in total. The Hall–Kier alpha value is -3.47. The minimum atomic E-state index is -0.374. The number of fused-ring (bicyclic) bond motifs is 3. The Labute approximate surface area is 161 Å². The maximum atomic E-state index is 14.0. The van der Waals surface area contributed by atoms with Crippen molar-refractivity contribution in [2.24, 2.45) is 0 Å². The van der Waals surface area contributed by atoms with Gasteiger partial charge in [0.15, 0.2) is 0 Å². The largest absolute Gasteiger partial charge is 0.457 e. The van der Waals surface area contributed by atoms with Crippen molar-refractivity contribution in [1.82, 2.24) is 4.90 Å². The lowest BCUT2D eigenvalue weighted by Crippen LogP contribution is -2.34. The van der Waals surface area contributed by atoms with Gasteiger partial charge in [-0.25, -0.2) is 4.39 Å². The Bertz CT molecular complexity index is 1090. The van der Waals surface area contributed by atoms with E-state index in [9.17, 15) is 14.0 Å². The molecule has 0 aliphatic carbocycles. The number of ether oxygens (including phenoxy) is 1. The van der Waals surface area contributed by atoms with Crippen LogP contribution in [0, 0.1) is 5.82 Å². The first kappa shape index (κ1) is 16.7. The first-order chi connectivity index (χ1) is 13.6. The summed E-state index contributed by atoms with van der Waals surface area (Å²) in [5, 5.41) is 0. The summed E-state index contributed by atoms with van der Waals surface area (Å²) in [6.07, 6.45) is 0.542. The molecule has 2 aliphatic heterocycles. The van der Waals surface area contributed by atoms with E-state index < -0.39 is 0 Å². The summed E-state index contributed by atoms with van der Waals surface area (Å²) >= 11 is 0. The minimum absolute atomic E-state index is 0.167. The second-order valence-corrected chi connectivity index (χ2v) is 7.06. The number of hydrogen-bond donors (Lipinski definition) is 0. The zero-order valence-electron chi connectivity index (χ0n) is 14.9. The van der Waals surface area contributed by atoms with Gasteiger partial charge in [0, 0.05) is 18.0 Å². The smallest absolute Gasteiger partial charge is 0.261 e. The number of para-hydroxylation sites is 1. The Balaban J connectivity index is 1.55. The third kappa shape index (κ3) is 2.59. The third-order valence-corrected chi connectivity index (χ3v) is 5.35.